The quantitative estimate of drug-likeness (QED) is 0.324. The van der Waals surface area contributed by atoms with E-state index in [1.165, 1.54) is 30.3 Å². The summed E-state index contributed by atoms with van der Waals surface area (Å²) in [4.78, 5) is 30.1. The summed E-state index contributed by atoms with van der Waals surface area (Å²) in [5.41, 5.74) is 0.735. The minimum atomic E-state index is -1.08. The number of nitro groups is 2. The van der Waals surface area contributed by atoms with Crippen LogP contribution in [-0.2, 0) is 6.61 Å². The molecule has 0 aliphatic carbocycles. The molecule has 0 aromatic heterocycles. The molecule has 0 saturated carbocycles. The van der Waals surface area contributed by atoms with Crippen molar-refractivity contribution in [2.24, 2.45) is 0 Å². The van der Waals surface area contributed by atoms with Crippen molar-refractivity contribution < 1.29 is 24.9 Å². The molecular weight excluding hydrogens is 562 g/mol. The van der Waals surface area contributed by atoms with E-state index in [-0.39, 0.29) is 23.5 Å². The van der Waals surface area contributed by atoms with Crippen molar-refractivity contribution in [3.63, 3.8) is 0 Å². The largest absolute Gasteiger partial charge is 0.478 e. The number of carboxylic acid groups (broad SMARTS) is 1. The molecule has 0 atom stereocenters. The average molecular weight is 572 g/mol. The maximum atomic E-state index is 10.5. The molecule has 0 aliphatic rings. The van der Waals surface area contributed by atoms with Crippen molar-refractivity contribution in [2.75, 3.05) is 0 Å². The van der Waals surface area contributed by atoms with Gasteiger partial charge in [-0.1, -0.05) is 0 Å². The zero-order chi connectivity index (χ0) is 19.1. The van der Waals surface area contributed by atoms with Gasteiger partial charge < -0.3 is 10.2 Å². The van der Waals surface area contributed by atoms with Gasteiger partial charge in [0.1, 0.15) is 0 Å². The molecule has 0 saturated heterocycles. The highest BCUT2D eigenvalue weighted by Crippen LogP contribution is 2.20. The van der Waals surface area contributed by atoms with Crippen LogP contribution in [0, 0.1) is 27.4 Å². The third-order valence-electron chi connectivity index (χ3n) is 2.81. The summed E-state index contributed by atoms with van der Waals surface area (Å²) in [5, 5.41) is 38.0. The Morgan fingerprint density at radius 2 is 1.44 bits per heavy atom. The molecule has 9 nitrogen and oxygen atoms in total. The van der Waals surface area contributed by atoms with Crippen LogP contribution in [0.5, 0.6) is 0 Å². The number of aliphatic hydroxyl groups excluding tert-OH is 1. The summed E-state index contributed by atoms with van der Waals surface area (Å²) in [5.74, 6) is -1.08. The number of carbonyl (C=O) groups is 1. The Labute approximate surface area is 168 Å². The van der Waals surface area contributed by atoms with Gasteiger partial charge in [0.25, 0.3) is 11.4 Å². The molecule has 2 rings (SSSR count). The van der Waals surface area contributed by atoms with Crippen LogP contribution in [0.3, 0.4) is 0 Å². The highest BCUT2D eigenvalue weighted by molar-refractivity contribution is 14.1. The molecule has 0 bridgehead atoms. The second-order valence-corrected chi connectivity index (χ2v) is 6.74. The number of non-ortho nitro benzene ring substituents is 2. The summed E-state index contributed by atoms with van der Waals surface area (Å²) < 4.78 is 1.07. The number of aliphatic hydroxyl groups is 1. The number of nitro benzene ring substituents is 2. The van der Waals surface area contributed by atoms with E-state index < -0.39 is 15.8 Å². The van der Waals surface area contributed by atoms with Crippen LogP contribution in [0.4, 0.5) is 11.4 Å². The van der Waals surface area contributed by atoms with Crippen LogP contribution in [0.1, 0.15) is 15.9 Å². The highest BCUT2D eigenvalue weighted by Gasteiger charge is 2.12. The number of halogens is 2. The van der Waals surface area contributed by atoms with E-state index in [9.17, 15) is 25.0 Å². The van der Waals surface area contributed by atoms with E-state index in [2.05, 4.69) is 0 Å². The lowest BCUT2D eigenvalue weighted by Crippen LogP contribution is -2.00. The van der Waals surface area contributed by atoms with Gasteiger partial charge in [0.2, 0.25) is 0 Å². The van der Waals surface area contributed by atoms with Gasteiger partial charge in [0.05, 0.1) is 22.0 Å². The number of benzene rings is 2. The number of aromatic carboxylic acids is 1. The van der Waals surface area contributed by atoms with E-state index in [0.717, 1.165) is 0 Å². The van der Waals surface area contributed by atoms with Crippen LogP contribution < -0.4 is 0 Å². The van der Waals surface area contributed by atoms with E-state index in [1.807, 2.05) is 22.6 Å². The number of carboxylic acids is 1. The minimum Gasteiger partial charge on any atom is -0.478 e. The average Bonchev–Trinajstić information content (AvgIpc) is 2.54. The van der Waals surface area contributed by atoms with Crippen molar-refractivity contribution >= 4 is 62.5 Å². The van der Waals surface area contributed by atoms with Crippen LogP contribution in [0.2, 0.25) is 0 Å². The zero-order valence-corrected chi connectivity index (χ0v) is 16.6. The summed E-state index contributed by atoms with van der Waals surface area (Å²) in [6, 6.07) is 8.00. The lowest BCUT2D eigenvalue weighted by Gasteiger charge is -1.98. The number of nitrogens with zero attached hydrogens (tertiary/aromatic N) is 2. The molecular formula is C14H10I2N2O7. The molecule has 132 valence electrons. The molecule has 0 aliphatic heterocycles. The molecule has 0 fully saturated rings. The van der Waals surface area contributed by atoms with Gasteiger partial charge in [0.15, 0.2) is 0 Å². The molecule has 2 aromatic carbocycles. The van der Waals surface area contributed by atoms with Crippen LogP contribution >= 0.6 is 45.2 Å². The van der Waals surface area contributed by atoms with E-state index >= 15 is 0 Å². The van der Waals surface area contributed by atoms with Crippen molar-refractivity contribution in [3.8, 4) is 0 Å². The first-order chi connectivity index (χ1) is 11.7. The highest BCUT2D eigenvalue weighted by atomic mass is 127. The summed E-state index contributed by atoms with van der Waals surface area (Å²) in [6.45, 7) is -0.0870. The Morgan fingerprint density at radius 1 is 0.960 bits per heavy atom. The fraction of sp³-hybridized carbons (Fsp3) is 0.0714. The van der Waals surface area contributed by atoms with E-state index in [4.69, 9.17) is 10.2 Å². The van der Waals surface area contributed by atoms with E-state index in [1.54, 1.807) is 28.7 Å². The van der Waals surface area contributed by atoms with Crippen molar-refractivity contribution in [1.29, 1.82) is 0 Å². The van der Waals surface area contributed by atoms with Crippen LogP contribution in [0.15, 0.2) is 36.4 Å². The van der Waals surface area contributed by atoms with Gasteiger partial charge in [-0.3, -0.25) is 20.2 Å². The minimum absolute atomic E-state index is 0.0524. The summed E-state index contributed by atoms with van der Waals surface area (Å²) in [7, 11) is 0. The standard InChI is InChI=1S/C7H4INO4.C7H6INO3/c8-6-3-4(9(12)13)1-2-5(6)7(10)11;8-7-3-6(9(11)12)2-1-5(7)4-10/h1-3H,(H,10,11);1-3,10H,4H2. The second-order valence-electron chi connectivity index (χ2n) is 4.42. The SMILES string of the molecule is O=C(O)c1ccc([N+](=O)[O-])cc1I.O=[N+]([O-])c1ccc(CO)c(I)c1. The normalized spacial score (nSPS) is 9.72. The third-order valence-corrected chi connectivity index (χ3v) is 4.71. The summed E-state index contributed by atoms with van der Waals surface area (Å²) in [6.07, 6.45) is 0. The molecule has 11 heteroatoms. The first kappa shape index (κ1) is 21.2. The number of hydrogen-bond acceptors (Lipinski definition) is 6. The number of hydrogen-bond donors (Lipinski definition) is 2. The fourth-order valence-electron chi connectivity index (χ4n) is 1.57. The number of rotatable bonds is 4. The molecule has 25 heavy (non-hydrogen) atoms. The molecule has 0 radical (unpaired) electrons. The lowest BCUT2D eigenvalue weighted by atomic mass is 10.2. The van der Waals surface area contributed by atoms with Crippen molar-refractivity contribution in [3.05, 3.63) is 74.9 Å². The van der Waals surface area contributed by atoms with Gasteiger partial charge in [-0.15, -0.1) is 0 Å². The second kappa shape index (κ2) is 9.57. The Bertz CT molecular complexity index is 827. The topological polar surface area (TPSA) is 144 Å². The van der Waals surface area contributed by atoms with Gasteiger partial charge >= 0.3 is 5.97 Å². The zero-order valence-electron chi connectivity index (χ0n) is 12.3. The van der Waals surface area contributed by atoms with Crippen molar-refractivity contribution in [2.45, 2.75) is 6.61 Å². The molecule has 0 amide bonds. The Hall–Kier alpha value is -1.87. The Kier molecular flexibility index (Phi) is 8.11. The van der Waals surface area contributed by atoms with E-state index in [0.29, 0.717) is 12.7 Å². The maximum absolute atomic E-state index is 10.5. The molecule has 0 heterocycles. The van der Waals surface area contributed by atoms with Gasteiger partial charge in [-0.25, -0.2) is 4.79 Å². The molecule has 0 spiro atoms. The van der Waals surface area contributed by atoms with Gasteiger partial charge in [-0.05, 0) is 62.9 Å². The lowest BCUT2D eigenvalue weighted by molar-refractivity contribution is -0.385. The summed E-state index contributed by atoms with van der Waals surface area (Å²) >= 11 is 3.70. The smallest absolute Gasteiger partial charge is 0.336 e. The molecule has 2 aromatic rings. The Balaban J connectivity index is 0.000000251. The third kappa shape index (κ3) is 6.17. The Morgan fingerprint density at radius 3 is 1.80 bits per heavy atom. The van der Waals surface area contributed by atoms with Crippen molar-refractivity contribution in [1.82, 2.24) is 0 Å². The predicted octanol–water partition coefficient (Wildman–Crippen LogP) is 3.59. The monoisotopic (exact) mass is 572 g/mol. The van der Waals surface area contributed by atoms with Gasteiger partial charge in [-0.2, -0.15) is 0 Å². The first-order valence-electron chi connectivity index (χ1n) is 6.38. The molecule has 0 unspecified atom stereocenters. The van der Waals surface area contributed by atoms with Crippen LogP contribution in [-0.4, -0.2) is 26.0 Å². The van der Waals surface area contributed by atoms with Gasteiger partial charge in [0, 0.05) is 31.4 Å². The molecule has 2 N–H and O–H groups in total. The maximum Gasteiger partial charge on any atom is 0.336 e. The van der Waals surface area contributed by atoms with Crippen LogP contribution in [0.25, 0.3) is 0 Å². The predicted molar refractivity (Wildman–Crippen MR) is 105 cm³/mol. The first-order valence-corrected chi connectivity index (χ1v) is 8.54. The fourth-order valence-corrected chi connectivity index (χ4v) is 2.97.